The highest BCUT2D eigenvalue weighted by Crippen LogP contribution is 2.40. The molecule has 0 fully saturated rings. The summed E-state index contributed by atoms with van der Waals surface area (Å²) in [5.41, 5.74) is 12.7. The number of methoxy groups -OCH3 is 1. The third-order valence-electron chi connectivity index (χ3n) is 15.2. The molecule has 2 aromatic carbocycles. The molecule has 3 amide bonds. The Labute approximate surface area is 624 Å². The molecule has 9 aromatic rings. The predicted octanol–water partition coefficient (Wildman–Crippen LogP) is 13.5. The quantitative estimate of drug-likeness (QED) is 0.0179. The van der Waals surface area contributed by atoms with Crippen LogP contribution >= 0.6 is 69.6 Å². The summed E-state index contributed by atoms with van der Waals surface area (Å²) < 4.78 is 16.5. The fourth-order valence-corrected chi connectivity index (χ4v) is 12.3. The molecule has 0 spiro atoms. The average molecular weight is 1540 g/mol. The number of nitrogens with zero attached hydrogens (tertiary/aromatic N) is 12. The summed E-state index contributed by atoms with van der Waals surface area (Å²) in [7, 11) is 13.9. The Morgan fingerprint density at radius 3 is 1.65 bits per heavy atom. The third-order valence-corrected chi connectivity index (χ3v) is 18.7. The Morgan fingerprint density at radius 2 is 1.14 bits per heavy atom. The number of carbonyl (C=O) groups is 4. The van der Waals surface area contributed by atoms with Crippen molar-refractivity contribution in [2.24, 2.45) is 25.2 Å². The van der Waals surface area contributed by atoms with E-state index in [1.165, 1.54) is 70.2 Å². The number of fused-ring (bicyclic) bond motifs is 2. The highest BCUT2D eigenvalue weighted by Gasteiger charge is 2.31. The number of aromatic hydroxyl groups is 1. The van der Waals surface area contributed by atoms with Crippen molar-refractivity contribution in [1.29, 1.82) is 0 Å². The highest BCUT2D eigenvalue weighted by atomic mass is 35.5. The number of aromatic nitrogens is 9. The Balaban J connectivity index is 0.000000315. The summed E-state index contributed by atoms with van der Waals surface area (Å²) in [5.74, 6) is -0.398. The lowest BCUT2D eigenvalue weighted by atomic mass is 9.81. The van der Waals surface area contributed by atoms with Crippen LogP contribution in [0, 0.1) is 12.8 Å². The summed E-state index contributed by atoms with van der Waals surface area (Å²) in [6, 6.07) is 12.0. The molecule has 0 saturated carbocycles. The predicted molar refractivity (Wildman–Crippen MR) is 418 cm³/mol. The first-order valence-corrected chi connectivity index (χ1v) is 36.8. The van der Waals surface area contributed by atoms with E-state index in [1.807, 2.05) is 46.9 Å². The van der Waals surface area contributed by atoms with Crippen LogP contribution in [0.15, 0.2) is 83.0 Å². The van der Waals surface area contributed by atoms with Gasteiger partial charge in [0.1, 0.15) is 41.9 Å². The van der Waals surface area contributed by atoms with E-state index in [4.69, 9.17) is 95.5 Å². The van der Waals surface area contributed by atoms with Gasteiger partial charge in [0, 0.05) is 118 Å². The van der Waals surface area contributed by atoms with E-state index in [0.29, 0.717) is 51.5 Å². The minimum Gasteiger partial charge on any atom is -0.506 e. The number of phenols is 1. The second-order valence-corrected chi connectivity index (χ2v) is 35.1. The van der Waals surface area contributed by atoms with Crippen LogP contribution in [0.2, 0.25) is 56.1 Å². The maximum absolute atomic E-state index is 14.0. The van der Waals surface area contributed by atoms with Crippen molar-refractivity contribution >= 4 is 164 Å². The van der Waals surface area contributed by atoms with Gasteiger partial charge in [0.25, 0.3) is 22.9 Å². The maximum atomic E-state index is 14.0. The van der Waals surface area contributed by atoms with Crippen LogP contribution in [-0.4, -0.2) is 142 Å². The van der Waals surface area contributed by atoms with Crippen molar-refractivity contribution in [3.8, 4) is 33.8 Å². The molecule has 0 unspecified atom stereocenters. The zero-order valence-corrected chi connectivity index (χ0v) is 65.0. The fraction of sp³-hybridized carbons (Fsp3) is 0.362. The molecule has 0 radical (unpaired) electrons. The molecule has 0 aliphatic heterocycles. The number of anilines is 7. The normalized spacial score (nSPS) is 11.3. The van der Waals surface area contributed by atoms with Crippen LogP contribution < -0.4 is 58.0 Å². The third kappa shape index (κ3) is 20.5. The lowest BCUT2D eigenvalue weighted by Crippen LogP contribution is -2.46. The largest absolute Gasteiger partial charge is 0.506 e. The van der Waals surface area contributed by atoms with E-state index in [1.54, 1.807) is 66.6 Å². The van der Waals surface area contributed by atoms with E-state index >= 15 is 0 Å². The fourth-order valence-electron chi connectivity index (χ4n) is 10.5. The molecule has 7 aromatic heterocycles. The number of halogens is 6. The number of nitrogens with one attached hydrogen (secondary N) is 3. The minimum absolute atomic E-state index is 0. The first-order valence-electron chi connectivity index (χ1n) is 30.8. The molecule has 0 saturated heterocycles. The van der Waals surface area contributed by atoms with Gasteiger partial charge in [-0.25, -0.2) is 19.9 Å². The second kappa shape index (κ2) is 34.0. The van der Waals surface area contributed by atoms with Crippen LogP contribution in [0.25, 0.3) is 44.3 Å². The molecule has 8 N–H and O–H groups in total. The first-order chi connectivity index (χ1) is 46.5. The topological polar surface area (TPSA) is 323 Å². The SMILES string of the molecule is C.CN(C)c1cc(N)c(Cl)cn1.CN(C)c1cc(NC(=O)Cn2cc(-c3cc(Cl)c(O)c(C(N)=O)c3)c3c(=O)n(C)c(Nc4cc(N(C)C)ncc4Cl)nc32)c(Cl)cn1.COC(=O)Cn1cc(-c2cc(Cl)c(OCC[Si](C)(C)C)c(C(=O)NC(C)(C)CC(C)(C)C)c2)c2c(=O)n(C)c(Cl)nc21.[CH3-]. The number of primary amides is 1. The molecule has 0 aliphatic rings. The van der Waals surface area contributed by atoms with Crippen molar-refractivity contribution < 1.29 is 33.8 Å². The van der Waals surface area contributed by atoms with E-state index in [9.17, 15) is 33.9 Å². The molecular formula is C69H88Cl6N17O9Si-. The van der Waals surface area contributed by atoms with Gasteiger partial charge in [-0.1, -0.05) is 106 Å². The molecule has 550 valence electrons. The molecule has 9 rings (SSSR count). The molecule has 26 nitrogen and oxygen atoms in total. The lowest BCUT2D eigenvalue weighted by Gasteiger charge is -2.33. The van der Waals surface area contributed by atoms with Crippen LogP contribution in [0.3, 0.4) is 0 Å². The van der Waals surface area contributed by atoms with Gasteiger partial charge in [0.05, 0.1) is 90.2 Å². The van der Waals surface area contributed by atoms with Crippen molar-refractivity contribution in [1.82, 2.24) is 48.5 Å². The number of rotatable bonds is 20. The number of esters is 1. The number of nitrogens with two attached hydrogens (primary N) is 2. The number of carbonyl (C=O) groups excluding carboxylic acids is 4. The minimum atomic E-state index is -1.43. The number of amides is 3. The molecule has 102 heavy (non-hydrogen) atoms. The number of hydrogen-bond donors (Lipinski definition) is 6. The Hall–Kier alpha value is -8.83. The van der Waals surface area contributed by atoms with Gasteiger partial charge in [-0.15, -0.1) is 0 Å². The summed E-state index contributed by atoms with van der Waals surface area (Å²) in [6.45, 7) is 17.0. The molecule has 0 atom stereocenters. The summed E-state index contributed by atoms with van der Waals surface area (Å²) in [5, 5.41) is 20.7. The van der Waals surface area contributed by atoms with E-state index in [0.717, 1.165) is 18.3 Å². The maximum Gasteiger partial charge on any atom is 0.325 e. The number of ether oxygens (including phenoxy) is 2. The number of benzene rings is 2. The standard InChI is InChI=1S/C30H29Cl3N10O4.C30H42Cl2N4O5Si.C7H10ClN3.CH4.CH3/c1-40(2)22-8-20(18(32)10-35-22)37-24(44)13-43-12-16(14-6-15(27(34)46)26(45)17(31)7-14)25-28(43)39-30(42(5)29(25)47)38-21-9-23(41(3)4)36-11-19(21)33;1-29(2,3)17-30(4,5)34-26(38)19-13-18(14-21(31)24(19)41-11-12-42(8,9)10)20-15-36(16-22(37)40-7)25-23(20)27(39)35(6)28(32)33-25;1-11(2)7-3-6(9)5(8)4-10-7;;/h6-12,45H,13H2,1-5H3,(H2,34,46)(H,35,37,44)(H,36,38,39);13-15H,11-12,16-17H2,1-10H3,(H,34,38);3-4H,1-2H3,(H2,9,10);1H4;1H3/q;;;;-1. The van der Waals surface area contributed by atoms with Gasteiger partial charge in [-0.05, 0) is 78.7 Å². The highest BCUT2D eigenvalue weighted by molar-refractivity contribution is 6.76. The molecule has 33 heteroatoms. The smallest absolute Gasteiger partial charge is 0.325 e. The van der Waals surface area contributed by atoms with Gasteiger partial charge < -0.3 is 73.3 Å². The van der Waals surface area contributed by atoms with Crippen molar-refractivity contribution in [2.75, 3.05) is 87.1 Å². The summed E-state index contributed by atoms with van der Waals surface area (Å²) in [6.07, 6.45) is 8.32. The average Bonchev–Trinajstić information content (AvgIpc) is 1.59. The molecular weight excluding hydrogens is 1450 g/mol. The van der Waals surface area contributed by atoms with Gasteiger partial charge in [-0.3, -0.25) is 37.9 Å². The Kier molecular flexibility index (Phi) is 27.9. The number of hydrogen-bond acceptors (Lipinski definition) is 19. The van der Waals surface area contributed by atoms with E-state index in [2.05, 4.69) is 76.3 Å². The van der Waals surface area contributed by atoms with Crippen LogP contribution in [-0.2, 0) is 41.5 Å². The molecule has 0 aliphatic carbocycles. The monoisotopic (exact) mass is 1540 g/mol. The van der Waals surface area contributed by atoms with Gasteiger partial charge in [-0.2, -0.15) is 4.98 Å². The van der Waals surface area contributed by atoms with E-state index < -0.39 is 48.3 Å². The lowest BCUT2D eigenvalue weighted by molar-refractivity contribution is -0.141. The zero-order chi connectivity index (χ0) is 74.5. The summed E-state index contributed by atoms with van der Waals surface area (Å²) in [4.78, 5) is 106. The van der Waals surface area contributed by atoms with Gasteiger partial charge >= 0.3 is 5.97 Å². The molecule has 7 heterocycles. The zero-order valence-electron chi connectivity index (χ0n) is 59.5. The van der Waals surface area contributed by atoms with Gasteiger partial charge in [0.15, 0.2) is 11.4 Å². The Bertz CT molecular complexity index is 4750. The van der Waals surface area contributed by atoms with Crippen LogP contribution in [0.1, 0.15) is 69.2 Å². The van der Waals surface area contributed by atoms with Crippen molar-refractivity contribution in [2.45, 2.75) is 92.8 Å². The summed E-state index contributed by atoms with van der Waals surface area (Å²) >= 11 is 37.7. The van der Waals surface area contributed by atoms with Crippen LogP contribution in [0.4, 0.5) is 40.5 Å². The van der Waals surface area contributed by atoms with E-state index in [-0.39, 0.29) is 121 Å². The molecule has 0 bridgehead atoms. The van der Waals surface area contributed by atoms with Crippen molar-refractivity contribution in [3.63, 3.8) is 0 Å². The van der Waals surface area contributed by atoms with Crippen LogP contribution in [0.5, 0.6) is 11.5 Å². The Morgan fingerprint density at radius 1 is 0.657 bits per heavy atom. The van der Waals surface area contributed by atoms with Crippen molar-refractivity contribution in [3.05, 3.63) is 143 Å². The first kappa shape index (κ1) is 83.8. The number of nitrogen functional groups attached to an aromatic ring is 1. The second-order valence-electron chi connectivity index (χ2n) is 27.1. The van der Waals surface area contributed by atoms with Gasteiger partial charge in [0.2, 0.25) is 17.1 Å². The number of pyridine rings is 3.